The Labute approximate surface area is 185 Å². The van der Waals surface area contributed by atoms with Crippen molar-refractivity contribution in [2.45, 2.75) is 13.5 Å². The Hall–Kier alpha value is -3.51. The fourth-order valence-electron chi connectivity index (χ4n) is 2.83. The largest absolute Gasteiger partial charge is 0.493 e. The Morgan fingerprint density at radius 1 is 0.903 bits per heavy atom. The summed E-state index contributed by atoms with van der Waals surface area (Å²) in [5.74, 6) is 0.583. The SMILES string of the molecule is CCOc1ccc(C(=O)Nc2ccc(C(=O)OC)cc2)cc1COc1ccc(Cl)cc1. The Balaban J connectivity index is 1.74. The molecule has 0 aliphatic rings. The molecule has 0 bridgehead atoms. The molecule has 0 saturated heterocycles. The van der Waals surface area contributed by atoms with Gasteiger partial charge in [-0.05, 0) is 73.7 Å². The molecule has 0 fully saturated rings. The van der Waals surface area contributed by atoms with Crippen molar-refractivity contribution in [1.29, 1.82) is 0 Å². The average Bonchev–Trinajstić information content (AvgIpc) is 2.79. The molecule has 0 atom stereocenters. The van der Waals surface area contributed by atoms with Gasteiger partial charge in [-0.15, -0.1) is 0 Å². The first-order valence-electron chi connectivity index (χ1n) is 9.64. The third kappa shape index (κ3) is 5.99. The molecule has 1 N–H and O–H groups in total. The standard InChI is InChI=1S/C24H22ClNO5/c1-3-30-22-13-6-17(14-18(22)15-31-21-11-7-19(25)8-12-21)23(27)26-20-9-4-16(5-10-20)24(28)29-2/h4-14H,3,15H2,1-2H3,(H,26,27). The van der Waals surface area contributed by atoms with Crippen molar-refractivity contribution < 1.29 is 23.8 Å². The monoisotopic (exact) mass is 439 g/mol. The van der Waals surface area contributed by atoms with E-state index in [1.54, 1.807) is 66.7 Å². The minimum atomic E-state index is -0.435. The summed E-state index contributed by atoms with van der Waals surface area (Å²) < 4.78 is 16.2. The highest BCUT2D eigenvalue weighted by molar-refractivity contribution is 6.30. The van der Waals surface area contributed by atoms with Crippen LogP contribution in [0.15, 0.2) is 66.7 Å². The number of amides is 1. The van der Waals surface area contributed by atoms with Crippen molar-refractivity contribution in [2.75, 3.05) is 19.0 Å². The molecule has 6 nitrogen and oxygen atoms in total. The molecule has 3 rings (SSSR count). The number of methoxy groups -OCH3 is 1. The molecule has 7 heteroatoms. The molecule has 0 aliphatic carbocycles. The van der Waals surface area contributed by atoms with Gasteiger partial charge in [-0.1, -0.05) is 11.6 Å². The topological polar surface area (TPSA) is 73.9 Å². The van der Waals surface area contributed by atoms with Crippen LogP contribution in [0.25, 0.3) is 0 Å². The second-order valence-electron chi connectivity index (χ2n) is 6.52. The van der Waals surface area contributed by atoms with E-state index in [4.69, 9.17) is 21.1 Å². The van der Waals surface area contributed by atoms with Gasteiger partial charge in [-0.2, -0.15) is 0 Å². The zero-order chi connectivity index (χ0) is 22.2. The Bertz CT molecular complexity index is 1050. The summed E-state index contributed by atoms with van der Waals surface area (Å²) in [5, 5.41) is 3.44. The molecule has 31 heavy (non-hydrogen) atoms. The van der Waals surface area contributed by atoms with Gasteiger partial charge in [0, 0.05) is 21.8 Å². The van der Waals surface area contributed by atoms with Crippen LogP contribution in [0.2, 0.25) is 5.02 Å². The number of hydrogen-bond donors (Lipinski definition) is 1. The number of benzene rings is 3. The number of hydrogen-bond acceptors (Lipinski definition) is 5. The third-order valence-corrected chi connectivity index (χ3v) is 4.65. The first kappa shape index (κ1) is 22.2. The van der Waals surface area contributed by atoms with E-state index in [9.17, 15) is 9.59 Å². The van der Waals surface area contributed by atoms with E-state index < -0.39 is 5.97 Å². The number of carbonyl (C=O) groups excluding carboxylic acids is 2. The van der Waals surface area contributed by atoms with Gasteiger partial charge in [-0.25, -0.2) is 4.79 Å². The molecule has 3 aromatic carbocycles. The van der Waals surface area contributed by atoms with Gasteiger partial charge in [0.2, 0.25) is 0 Å². The fourth-order valence-corrected chi connectivity index (χ4v) is 2.96. The smallest absolute Gasteiger partial charge is 0.337 e. The van der Waals surface area contributed by atoms with Gasteiger partial charge >= 0.3 is 5.97 Å². The number of carbonyl (C=O) groups is 2. The number of halogens is 1. The van der Waals surface area contributed by atoms with Crippen molar-refractivity contribution in [3.63, 3.8) is 0 Å². The van der Waals surface area contributed by atoms with Crippen LogP contribution in [0.5, 0.6) is 11.5 Å². The van der Waals surface area contributed by atoms with Gasteiger partial charge in [0.05, 0.1) is 19.3 Å². The number of esters is 1. The second-order valence-corrected chi connectivity index (χ2v) is 6.96. The van der Waals surface area contributed by atoms with Crippen molar-refractivity contribution in [1.82, 2.24) is 0 Å². The highest BCUT2D eigenvalue weighted by atomic mass is 35.5. The van der Waals surface area contributed by atoms with Crippen LogP contribution in [0, 0.1) is 0 Å². The lowest BCUT2D eigenvalue weighted by Gasteiger charge is -2.14. The number of ether oxygens (including phenoxy) is 3. The van der Waals surface area contributed by atoms with E-state index in [2.05, 4.69) is 10.1 Å². The maximum Gasteiger partial charge on any atom is 0.337 e. The summed E-state index contributed by atoms with van der Waals surface area (Å²) in [4.78, 5) is 24.3. The van der Waals surface area contributed by atoms with Crippen LogP contribution in [-0.2, 0) is 11.3 Å². The number of rotatable bonds is 8. The van der Waals surface area contributed by atoms with Crippen molar-refractivity contribution in [3.8, 4) is 11.5 Å². The number of anilines is 1. The van der Waals surface area contributed by atoms with Gasteiger partial charge in [0.15, 0.2) is 0 Å². The molecule has 0 aliphatic heterocycles. The highest BCUT2D eigenvalue weighted by Crippen LogP contribution is 2.24. The second kappa shape index (κ2) is 10.5. The Morgan fingerprint density at radius 3 is 2.23 bits per heavy atom. The summed E-state index contributed by atoms with van der Waals surface area (Å²) >= 11 is 5.91. The van der Waals surface area contributed by atoms with E-state index >= 15 is 0 Å². The molecule has 0 saturated carbocycles. The Kier molecular flexibility index (Phi) is 7.51. The number of nitrogens with one attached hydrogen (secondary N) is 1. The van der Waals surface area contributed by atoms with E-state index in [1.807, 2.05) is 6.92 Å². The van der Waals surface area contributed by atoms with Crippen LogP contribution in [0.3, 0.4) is 0 Å². The van der Waals surface area contributed by atoms with Gasteiger partial charge < -0.3 is 19.5 Å². The van der Waals surface area contributed by atoms with E-state index in [0.717, 1.165) is 5.56 Å². The lowest BCUT2D eigenvalue weighted by Crippen LogP contribution is -2.13. The molecular formula is C24H22ClNO5. The third-order valence-electron chi connectivity index (χ3n) is 4.39. The van der Waals surface area contributed by atoms with Crippen molar-refractivity contribution in [2.24, 2.45) is 0 Å². The van der Waals surface area contributed by atoms with Gasteiger partial charge in [0.1, 0.15) is 18.1 Å². The molecule has 0 heterocycles. The zero-order valence-electron chi connectivity index (χ0n) is 17.2. The van der Waals surface area contributed by atoms with Crippen LogP contribution >= 0.6 is 11.6 Å². The maximum atomic E-state index is 12.7. The lowest BCUT2D eigenvalue weighted by atomic mass is 10.1. The molecule has 0 unspecified atom stereocenters. The Morgan fingerprint density at radius 2 is 1.58 bits per heavy atom. The molecular weight excluding hydrogens is 418 g/mol. The molecule has 0 aromatic heterocycles. The zero-order valence-corrected chi connectivity index (χ0v) is 17.9. The lowest BCUT2D eigenvalue weighted by molar-refractivity contribution is 0.0600. The summed E-state index contributed by atoms with van der Waals surface area (Å²) in [6, 6.07) is 18.7. The van der Waals surface area contributed by atoms with E-state index in [-0.39, 0.29) is 12.5 Å². The first-order valence-corrected chi connectivity index (χ1v) is 10.0. The van der Waals surface area contributed by atoms with Gasteiger partial charge in [0.25, 0.3) is 5.91 Å². The predicted octanol–water partition coefficient (Wildman–Crippen LogP) is 5.36. The molecule has 160 valence electrons. The summed E-state index contributed by atoms with van der Waals surface area (Å²) in [6.07, 6.45) is 0. The van der Waals surface area contributed by atoms with Crippen LogP contribution in [0.1, 0.15) is 33.2 Å². The molecule has 0 spiro atoms. The average molecular weight is 440 g/mol. The molecule has 0 radical (unpaired) electrons. The van der Waals surface area contributed by atoms with E-state index in [0.29, 0.717) is 39.9 Å². The van der Waals surface area contributed by atoms with E-state index in [1.165, 1.54) is 7.11 Å². The minimum absolute atomic E-state index is 0.228. The van der Waals surface area contributed by atoms with Crippen molar-refractivity contribution >= 4 is 29.2 Å². The van der Waals surface area contributed by atoms with Crippen LogP contribution < -0.4 is 14.8 Å². The van der Waals surface area contributed by atoms with Crippen LogP contribution in [0.4, 0.5) is 5.69 Å². The summed E-state index contributed by atoms with van der Waals surface area (Å²) in [7, 11) is 1.32. The fraction of sp³-hybridized carbons (Fsp3) is 0.167. The highest BCUT2D eigenvalue weighted by Gasteiger charge is 2.13. The maximum absolute atomic E-state index is 12.7. The van der Waals surface area contributed by atoms with Crippen molar-refractivity contribution in [3.05, 3.63) is 88.4 Å². The summed E-state index contributed by atoms with van der Waals surface area (Å²) in [5.41, 5.74) is 2.16. The molecule has 1 amide bonds. The quantitative estimate of drug-likeness (QED) is 0.478. The van der Waals surface area contributed by atoms with Crippen LogP contribution in [-0.4, -0.2) is 25.6 Å². The van der Waals surface area contributed by atoms with Gasteiger partial charge in [-0.3, -0.25) is 4.79 Å². The molecule has 3 aromatic rings. The minimum Gasteiger partial charge on any atom is -0.493 e. The normalized spacial score (nSPS) is 10.3. The first-order chi connectivity index (χ1) is 15.0. The summed E-state index contributed by atoms with van der Waals surface area (Å²) in [6.45, 7) is 2.61. The predicted molar refractivity (Wildman–Crippen MR) is 119 cm³/mol.